The molecule has 48 valence electrons. The average molecular weight is 122 g/mol. The number of hydrogen-bond donors (Lipinski definition) is 1. The lowest BCUT2D eigenvalue weighted by Crippen LogP contribution is -2.10. The van der Waals surface area contributed by atoms with Crippen molar-refractivity contribution in [2.24, 2.45) is 11.3 Å². The monoisotopic (exact) mass is 122 g/mol. The Kier molecular flexibility index (Phi) is 0.866. The van der Waals surface area contributed by atoms with E-state index < -0.39 is 0 Å². The van der Waals surface area contributed by atoms with Gasteiger partial charge in [0.2, 0.25) is 0 Å². The molecule has 1 saturated carbocycles. The second-order valence-corrected chi connectivity index (χ2v) is 3.17. The number of nitriles is 1. The van der Waals surface area contributed by atoms with Crippen LogP contribution in [0, 0.1) is 22.7 Å². The SMILES string of the molecule is N#CC1CC12CCNC2. The highest BCUT2D eigenvalue weighted by Gasteiger charge is 2.55. The van der Waals surface area contributed by atoms with Crippen LogP contribution in [0.4, 0.5) is 0 Å². The summed E-state index contributed by atoms with van der Waals surface area (Å²) in [7, 11) is 0. The molecule has 9 heavy (non-hydrogen) atoms. The van der Waals surface area contributed by atoms with Crippen LogP contribution in [0.3, 0.4) is 0 Å². The van der Waals surface area contributed by atoms with E-state index in [0.29, 0.717) is 11.3 Å². The van der Waals surface area contributed by atoms with Gasteiger partial charge in [0.15, 0.2) is 0 Å². The first-order valence-electron chi connectivity index (χ1n) is 3.48. The molecule has 0 bridgehead atoms. The highest BCUT2D eigenvalue weighted by molar-refractivity contribution is 5.15. The van der Waals surface area contributed by atoms with Crippen LogP contribution in [-0.4, -0.2) is 13.1 Å². The molecule has 1 N–H and O–H groups in total. The molecule has 0 aromatic heterocycles. The molecular formula is C7H10N2. The fraction of sp³-hybridized carbons (Fsp3) is 0.857. The van der Waals surface area contributed by atoms with Crippen LogP contribution in [0.2, 0.25) is 0 Å². The maximum atomic E-state index is 8.55. The zero-order valence-electron chi connectivity index (χ0n) is 5.35. The second-order valence-electron chi connectivity index (χ2n) is 3.17. The Morgan fingerprint density at radius 3 is 3.00 bits per heavy atom. The molecular weight excluding hydrogens is 112 g/mol. The third-order valence-electron chi connectivity index (χ3n) is 2.62. The van der Waals surface area contributed by atoms with Gasteiger partial charge in [-0.25, -0.2) is 0 Å². The van der Waals surface area contributed by atoms with Gasteiger partial charge in [-0.15, -0.1) is 0 Å². The summed E-state index contributed by atoms with van der Waals surface area (Å²) < 4.78 is 0. The molecule has 2 aliphatic rings. The highest BCUT2D eigenvalue weighted by Crippen LogP contribution is 2.55. The zero-order valence-corrected chi connectivity index (χ0v) is 5.35. The quantitative estimate of drug-likeness (QED) is 0.508. The zero-order chi connectivity index (χ0) is 6.32. The van der Waals surface area contributed by atoms with Gasteiger partial charge in [0.25, 0.3) is 0 Å². The van der Waals surface area contributed by atoms with Gasteiger partial charge in [-0.3, -0.25) is 0 Å². The highest BCUT2D eigenvalue weighted by atomic mass is 14.9. The molecule has 2 nitrogen and oxygen atoms in total. The average Bonchev–Trinajstić information content (AvgIpc) is 2.30. The number of hydrogen-bond acceptors (Lipinski definition) is 2. The van der Waals surface area contributed by atoms with Crippen molar-refractivity contribution in [2.45, 2.75) is 12.8 Å². The van der Waals surface area contributed by atoms with Crippen molar-refractivity contribution >= 4 is 0 Å². The minimum atomic E-state index is 0.382. The first kappa shape index (κ1) is 5.25. The first-order valence-corrected chi connectivity index (χ1v) is 3.48. The summed E-state index contributed by atoms with van der Waals surface area (Å²) in [5.74, 6) is 0.382. The standard InChI is InChI=1S/C7H10N2/c8-4-6-3-7(6)1-2-9-5-7/h6,9H,1-3,5H2. The minimum absolute atomic E-state index is 0.382. The summed E-state index contributed by atoms with van der Waals surface area (Å²) in [6, 6.07) is 2.33. The maximum Gasteiger partial charge on any atom is 0.0662 e. The summed E-state index contributed by atoms with van der Waals surface area (Å²) in [6.07, 6.45) is 2.38. The Bertz CT molecular complexity index is 162. The predicted molar refractivity (Wildman–Crippen MR) is 33.6 cm³/mol. The second kappa shape index (κ2) is 1.48. The van der Waals surface area contributed by atoms with Gasteiger partial charge >= 0.3 is 0 Å². The molecule has 0 aromatic rings. The molecule has 1 spiro atoms. The molecule has 1 saturated heterocycles. The van der Waals surface area contributed by atoms with Gasteiger partial charge in [0, 0.05) is 12.0 Å². The molecule has 1 aliphatic heterocycles. The molecule has 1 heterocycles. The van der Waals surface area contributed by atoms with Gasteiger partial charge in [0.05, 0.1) is 12.0 Å². The van der Waals surface area contributed by atoms with Crippen LogP contribution in [0.5, 0.6) is 0 Å². The van der Waals surface area contributed by atoms with Gasteiger partial charge in [-0.2, -0.15) is 5.26 Å². The van der Waals surface area contributed by atoms with Crippen LogP contribution in [0.15, 0.2) is 0 Å². The van der Waals surface area contributed by atoms with E-state index >= 15 is 0 Å². The molecule has 0 aromatic carbocycles. The van der Waals surface area contributed by atoms with Crippen molar-refractivity contribution in [2.75, 3.05) is 13.1 Å². The summed E-state index contributed by atoms with van der Waals surface area (Å²) in [4.78, 5) is 0. The number of nitrogens with zero attached hydrogens (tertiary/aromatic N) is 1. The van der Waals surface area contributed by atoms with Crippen molar-refractivity contribution < 1.29 is 0 Å². The van der Waals surface area contributed by atoms with Crippen molar-refractivity contribution in [1.82, 2.24) is 5.32 Å². The Balaban J connectivity index is 2.07. The number of nitrogens with one attached hydrogen (secondary N) is 1. The smallest absolute Gasteiger partial charge is 0.0662 e. The van der Waals surface area contributed by atoms with E-state index in [0.717, 1.165) is 19.5 Å². The Hall–Kier alpha value is -0.550. The Labute approximate surface area is 54.9 Å². The molecule has 2 unspecified atom stereocenters. The van der Waals surface area contributed by atoms with E-state index in [4.69, 9.17) is 5.26 Å². The molecule has 2 rings (SSSR count). The van der Waals surface area contributed by atoms with Crippen LogP contribution < -0.4 is 5.32 Å². The third-order valence-corrected chi connectivity index (χ3v) is 2.62. The van der Waals surface area contributed by atoms with E-state index in [2.05, 4.69) is 11.4 Å². The lowest BCUT2D eigenvalue weighted by atomic mass is 10.0. The molecule has 2 heteroatoms. The van der Waals surface area contributed by atoms with Crippen molar-refractivity contribution in [3.05, 3.63) is 0 Å². The van der Waals surface area contributed by atoms with E-state index in [-0.39, 0.29) is 0 Å². The van der Waals surface area contributed by atoms with E-state index in [1.54, 1.807) is 0 Å². The van der Waals surface area contributed by atoms with Crippen LogP contribution in [0.25, 0.3) is 0 Å². The third kappa shape index (κ3) is 0.585. The van der Waals surface area contributed by atoms with Crippen molar-refractivity contribution in [3.63, 3.8) is 0 Å². The van der Waals surface area contributed by atoms with Gasteiger partial charge in [-0.05, 0) is 19.4 Å². The van der Waals surface area contributed by atoms with Crippen LogP contribution >= 0.6 is 0 Å². The van der Waals surface area contributed by atoms with E-state index in [1.807, 2.05) is 0 Å². The fourth-order valence-electron chi connectivity index (χ4n) is 1.76. The summed E-state index contributed by atoms with van der Waals surface area (Å²) in [6.45, 7) is 2.21. The Morgan fingerprint density at radius 2 is 2.56 bits per heavy atom. The summed E-state index contributed by atoms with van der Waals surface area (Å²) >= 11 is 0. The molecule has 2 atom stereocenters. The predicted octanol–water partition coefficient (Wildman–Crippen LogP) is 0.510. The Morgan fingerprint density at radius 1 is 1.67 bits per heavy atom. The number of rotatable bonds is 0. The fourth-order valence-corrected chi connectivity index (χ4v) is 1.76. The van der Waals surface area contributed by atoms with E-state index in [9.17, 15) is 0 Å². The summed E-state index contributed by atoms with van der Waals surface area (Å²) in [5.41, 5.74) is 0.439. The topological polar surface area (TPSA) is 35.8 Å². The molecule has 1 aliphatic carbocycles. The van der Waals surface area contributed by atoms with Gasteiger partial charge in [-0.1, -0.05) is 0 Å². The molecule has 2 fully saturated rings. The minimum Gasteiger partial charge on any atom is -0.316 e. The molecule has 0 radical (unpaired) electrons. The van der Waals surface area contributed by atoms with Gasteiger partial charge in [0.1, 0.15) is 0 Å². The van der Waals surface area contributed by atoms with Crippen LogP contribution in [-0.2, 0) is 0 Å². The van der Waals surface area contributed by atoms with Gasteiger partial charge < -0.3 is 5.32 Å². The largest absolute Gasteiger partial charge is 0.316 e. The lowest BCUT2D eigenvalue weighted by molar-refractivity contribution is 0.543. The first-order chi connectivity index (χ1) is 4.37. The molecule has 0 amide bonds. The van der Waals surface area contributed by atoms with Crippen LogP contribution in [0.1, 0.15) is 12.8 Å². The normalized spacial score (nSPS) is 47.2. The lowest BCUT2D eigenvalue weighted by Gasteiger charge is -1.99. The van der Waals surface area contributed by atoms with E-state index in [1.165, 1.54) is 6.42 Å². The van der Waals surface area contributed by atoms with Crippen molar-refractivity contribution in [1.29, 1.82) is 5.26 Å². The van der Waals surface area contributed by atoms with Crippen molar-refractivity contribution in [3.8, 4) is 6.07 Å². The summed E-state index contributed by atoms with van der Waals surface area (Å²) in [5, 5.41) is 11.8. The maximum absolute atomic E-state index is 8.55.